The van der Waals surface area contributed by atoms with Crippen LogP contribution in [0.2, 0.25) is 0 Å². The molecule has 0 aliphatic rings. The lowest BCUT2D eigenvalue weighted by Gasteiger charge is -2.25. The summed E-state index contributed by atoms with van der Waals surface area (Å²) in [5, 5.41) is 5.32. The minimum absolute atomic E-state index is 0.140. The number of nitrogens with zero attached hydrogens (tertiary/aromatic N) is 1. The van der Waals surface area contributed by atoms with Crippen molar-refractivity contribution in [1.82, 2.24) is 10.2 Å². The van der Waals surface area contributed by atoms with Gasteiger partial charge in [0.1, 0.15) is 0 Å². The first-order valence-corrected chi connectivity index (χ1v) is 8.73. The molecule has 0 radical (unpaired) electrons. The van der Waals surface area contributed by atoms with E-state index in [1.54, 1.807) is 36.1 Å². The zero-order valence-corrected chi connectivity index (χ0v) is 16.2. The van der Waals surface area contributed by atoms with Gasteiger partial charge in [-0.25, -0.2) is 0 Å². The van der Waals surface area contributed by atoms with Crippen LogP contribution in [0.15, 0.2) is 24.3 Å². The van der Waals surface area contributed by atoms with Gasteiger partial charge in [0.2, 0.25) is 11.8 Å². The number of hydrogen-bond acceptors (Lipinski definition) is 5. The van der Waals surface area contributed by atoms with E-state index in [-0.39, 0.29) is 24.3 Å². The third kappa shape index (κ3) is 7.89. The molecule has 1 rings (SSSR count). The maximum Gasteiger partial charge on any atom is 0.310 e. The van der Waals surface area contributed by atoms with Crippen LogP contribution in [0.5, 0.6) is 0 Å². The SMILES string of the molecule is COC(=O)C(C)CN(CCCNC(C)=O)C(=O)c1cccc(NC(C)=O)c1. The summed E-state index contributed by atoms with van der Waals surface area (Å²) in [5.74, 6) is -1.52. The number of anilines is 1. The van der Waals surface area contributed by atoms with Crippen LogP contribution in [0.1, 0.15) is 37.6 Å². The zero-order chi connectivity index (χ0) is 20.4. The molecule has 0 heterocycles. The average Bonchev–Trinajstić information content (AvgIpc) is 2.62. The molecule has 0 aliphatic carbocycles. The number of hydrogen-bond donors (Lipinski definition) is 2. The van der Waals surface area contributed by atoms with Crippen molar-refractivity contribution in [3.05, 3.63) is 29.8 Å². The lowest BCUT2D eigenvalue weighted by Crippen LogP contribution is -2.39. The number of esters is 1. The Bertz CT molecular complexity index is 690. The molecule has 0 saturated carbocycles. The first-order valence-electron chi connectivity index (χ1n) is 8.73. The van der Waals surface area contributed by atoms with E-state index in [9.17, 15) is 19.2 Å². The average molecular weight is 377 g/mol. The molecule has 0 spiro atoms. The fourth-order valence-corrected chi connectivity index (χ4v) is 2.53. The summed E-state index contributed by atoms with van der Waals surface area (Å²) in [7, 11) is 1.30. The van der Waals surface area contributed by atoms with Crippen LogP contribution in [-0.2, 0) is 19.1 Å². The second-order valence-corrected chi connectivity index (χ2v) is 6.27. The van der Waals surface area contributed by atoms with Crippen molar-refractivity contribution in [2.75, 3.05) is 32.1 Å². The number of carbonyl (C=O) groups excluding carboxylic acids is 4. The Morgan fingerprint density at radius 1 is 1.15 bits per heavy atom. The minimum atomic E-state index is -0.488. The standard InChI is InChI=1S/C19H27N3O5/c1-13(19(26)27-4)12-22(10-6-9-20-14(2)23)18(25)16-7-5-8-17(11-16)21-15(3)24/h5,7-8,11,13H,6,9-10,12H2,1-4H3,(H,20,23)(H,21,24). The summed E-state index contributed by atoms with van der Waals surface area (Å²) < 4.78 is 4.74. The number of carbonyl (C=O) groups is 4. The quantitative estimate of drug-likeness (QED) is 0.500. The van der Waals surface area contributed by atoms with E-state index in [1.807, 2.05) is 0 Å². The number of methoxy groups -OCH3 is 1. The third-order valence-electron chi connectivity index (χ3n) is 3.79. The van der Waals surface area contributed by atoms with Crippen molar-refractivity contribution in [1.29, 1.82) is 0 Å². The first-order chi connectivity index (χ1) is 12.7. The molecular formula is C19H27N3O5. The second kappa shape index (κ2) is 10.9. The Morgan fingerprint density at radius 3 is 2.44 bits per heavy atom. The number of benzene rings is 1. The largest absolute Gasteiger partial charge is 0.469 e. The smallest absolute Gasteiger partial charge is 0.310 e. The van der Waals surface area contributed by atoms with Crippen LogP contribution < -0.4 is 10.6 Å². The van der Waals surface area contributed by atoms with Crippen LogP contribution in [0.3, 0.4) is 0 Å². The zero-order valence-electron chi connectivity index (χ0n) is 16.2. The highest BCUT2D eigenvalue weighted by molar-refractivity contribution is 5.97. The monoisotopic (exact) mass is 377 g/mol. The molecule has 0 bridgehead atoms. The fourth-order valence-electron chi connectivity index (χ4n) is 2.53. The normalized spacial score (nSPS) is 11.3. The predicted octanol–water partition coefficient (Wildman–Crippen LogP) is 1.42. The van der Waals surface area contributed by atoms with Crippen molar-refractivity contribution in [2.45, 2.75) is 27.2 Å². The highest BCUT2D eigenvalue weighted by Crippen LogP contribution is 2.15. The van der Waals surface area contributed by atoms with Gasteiger partial charge in [-0.3, -0.25) is 19.2 Å². The summed E-state index contributed by atoms with van der Waals surface area (Å²) in [5.41, 5.74) is 0.922. The maximum absolute atomic E-state index is 12.9. The van der Waals surface area contributed by atoms with Crippen molar-refractivity contribution in [3.63, 3.8) is 0 Å². The molecule has 1 aromatic carbocycles. The molecule has 0 fully saturated rings. The lowest BCUT2D eigenvalue weighted by molar-refractivity contribution is -0.145. The fraction of sp³-hybridized carbons (Fsp3) is 0.474. The number of nitrogens with one attached hydrogen (secondary N) is 2. The van der Waals surface area contributed by atoms with Crippen molar-refractivity contribution in [3.8, 4) is 0 Å². The molecule has 27 heavy (non-hydrogen) atoms. The number of rotatable bonds is 9. The summed E-state index contributed by atoms with van der Waals surface area (Å²) in [4.78, 5) is 48.4. The summed E-state index contributed by atoms with van der Waals surface area (Å²) >= 11 is 0. The van der Waals surface area contributed by atoms with Gasteiger partial charge in [-0.2, -0.15) is 0 Å². The van der Waals surface area contributed by atoms with E-state index in [0.29, 0.717) is 30.8 Å². The molecule has 0 aliphatic heterocycles. The number of ether oxygens (including phenoxy) is 1. The lowest BCUT2D eigenvalue weighted by atomic mass is 10.1. The van der Waals surface area contributed by atoms with Crippen LogP contribution in [-0.4, -0.2) is 55.3 Å². The van der Waals surface area contributed by atoms with Crippen molar-refractivity contribution in [2.24, 2.45) is 5.92 Å². The molecule has 8 heteroatoms. The van der Waals surface area contributed by atoms with Crippen molar-refractivity contribution >= 4 is 29.4 Å². The molecule has 3 amide bonds. The molecule has 1 aromatic rings. The van der Waals surface area contributed by atoms with Crippen molar-refractivity contribution < 1.29 is 23.9 Å². The predicted molar refractivity (Wildman–Crippen MR) is 101 cm³/mol. The Balaban J connectivity index is 2.91. The minimum Gasteiger partial charge on any atom is -0.469 e. The van der Waals surface area contributed by atoms with Crippen LogP contribution in [0, 0.1) is 5.92 Å². The summed E-state index contributed by atoms with van der Waals surface area (Å²) in [6, 6.07) is 6.61. The van der Waals surface area contributed by atoms with E-state index >= 15 is 0 Å². The van der Waals surface area contributed by atoms with E-state index < -0.39 is 11.9 Å². The molecule has 2 N–H and O–H groups in total. The van der Waals surface area contributed by atoms with Gasteiger partial charge in [0, 0.05) is 44.7 Å². The topological polar surface area (TPSA) is 105 Å². The van der Waals surface area contributed by atoms with Gasteiger partial charge < -0.3 is 20.3 Å². The van der Waals surface area contributed by atoms with Crippen LogP contribution in [0.4, 0.5) is 5.69 Å². The van der Waals surface area contributed by atoms with E-state index in [1.165, 1.54) is 21.0 Å². The van der Waals surface area contributed by atoms with E-state index in [0.717, 1.165) is 0 Å². The number of amides is 3. The van der Waals surface area contributed by atoms with Gasteiger partial charge in [-0.1, -0.05) is 13.0 Å². The van der Waals surface area contributed by atoms with E-state index in [2.05, 4.69) is 10.6 Å². The second-order valence-electron chi connectivity index (χ2n) is 6.27. The molecule has 1 atom stereocenters. The summed E-state index contributed by atoms with van der Waals surface area (Å²) in [6.07, 6.45) is 0.546. The van der Waals surface area contributed by atoms with Gasteiger partial charge >= 0.3 is 5.97 Å². The molecule has 1 unspecified atom stereocenters. The highest BCUT2D eigenvalue weighted by atomic mass is 16.5. The van der Waals surface area contributed by atoms with Crippen LogP contribution >= 0.6 is 0 Å². The maximum atomic E-state index is 12.9. The first kappa shape index (κ1) is 22.1. The Hall–Kier alpha value is -2.90. The van der Waals surface area contributed by atoms with Gasteiger partial charge in [0.15, 0.2) is 0 Å². The van der Waals surface area contributed by atoms with Gasteiger partial charge in [0.05, 0.1) is 13.0 Å². The van der Waals surface area contributed by atoms with Gasteiger partial charge in [0.25, 0.3) is 5.91 Å². The van der Waals surface area contributed by atoms with E-state index in [4.69, 9.17) is 4.74 Å². The molecule has 0 aromatic heterocycles. The van der Waals surface area contributed by atoms with Gasteiger partial charge in [-0.05, 0) is 24.6 Å². The van der Waals surface area contributed by atoms with Crippen LogP contribution in [0.25, 0.3) is 0 Å². The highest BCUT2D eigenvalue weighted by Gasteiger charge is 2.22. The molecule has 0 saturated heterocycles. The third-order valence-corrected chi connectivity index (χ3v) is 3.79. The Morgan fingerprint density at radius 2 is 1.85 bits per heavy atom. The summed E-state index contributed by atoms with van der Waals surface area (Å²) in [6.45, 7) is 5.49. The molecule has 148 valence electrons. The molecule has 8 nitrogen and oxygen atoms in total. The Kier molecular flexibility index (Phi) is 8.98. The van der Waals surface area contributed by atoms with Gasteiger partial charge in [-0.15, -0.1) is 0 Å². The molecular weight excluding hydrogens is 350 g/mol. The Labute approximate surface area is 159 Å².